The van der Waals surface area contributed by atoms with Crippen molar-refractivity contribution < 1.29 is 5.11 Å². The summed E-state index contributed by atoms with van der Waals surface area (Å²) in [5.41, 5.74) is 1.64. The van der Waals surface area contributed by atoms with E-state index < -0.39 is 10.9 Å². The lowest BCUT2D eigenvalue weighted by molar-refractivity contribution is 0.303. The first-order chi connectivity index (χ1) is 14.2. The largest absolute Gasteiger partial charge is 0.508 e. The first kappa shape index (κ1) is 22.1. The van der Waals surface area contributed by atoms with Gasteiger partial charge in [-0.3, -0.25) is 9.59 Å². The summed E-state index contributed by atoms with van der Waals surface area (Å²) in [7, 11) is 3.95. The molecule has 0 radical (unpaired) electrons. The number of hydrogen-bond donors (Lipinski definition) is 3. The predicted octanol–water partition coefficient (Wildman–Crippen LogP) is 3.07. The van der Waals surface area contributed by atoms with Crippen LogP contribution in [0.5, 0.6) is 5.75 Å². The van der Waals surface area contributed by atoms with Crippen molar-refractivity contribution in [3.8, 4) is 5.75 Å². The zero-order valence-electron chi connectivity index (χ0n) is 17.9. The van der Waals surface area contributed by atoms with Gasteiger partial charge in [-0.15, -0.1) is 0 Å². The van der Waals surface area contributed by atoms with E-state index in [1.54, 1.807) is 23.5 Å². The van der Waals surface area contributed by atoms with Crippen LogP contribution in [0.4, 0.5) is 11.4 Å². The van der Waals surface area contributed by atoms with Gasteiger partial charge in [-0.1, -0.05) is 12.1 Å². The van der Waals surface area contributed by atoms with Crippen LogP contribution in [0.1, 0.15) is 25.0 Å². The zero-order valence-corrected chi connectivity index (χ0v) is 18.7. The predicted molar refractivity (Wildman–Crippen MR) is 125 cm³/mol. The quantitative estimate of drug-likeness (QED) is 0.432. The average molecular weight is 428 g/mol. The van der Waals surface area contributed by atoms with Gasteiger partial charge in [0.05, 0.1) is 0 Å². The van der Waals surface area contributed by atoms with Gasteiger partial charge in [0, 0.05) is 18.1 Å². The molecule has 30 heavy (non-hydrogen) atoms. The molecule has 0 unspecified atom stereocenters. The minimum absolute atomic E-state index is 0.0860. The SMILES string of the molecule is CN(C)[C@@H](CNc1c(NC(C)(C)Cc2ccsc2)c(=O)c1=O)Cc1cccc(O)c1. The lowest BCUT2D eigenvalue weighted by Gasteiger charge is -2.30. The third kappa shape index (κ3) is 5.29. The Morgan fingerprint density at radius 1 is 1.10 bits per heavy atom. The molecule has 1 atom stereocenters. The molecule has 0 saturated heterocycles. The molecule has 3 aromatic rings. The number of benzene rings is 1. The first-order valence-corrected chi connectivity index (χ1v) is 10.9. The number of thiophene rings is 1. The molecule has 0 saturated carbocycles. The number of phenols is 1. The number of nitrogens with zero attached hydrogens (tertiary/aromatic N) is 1. The molecule has 0 aliphatic rings. The normalized spacial score (nSPS) is 13.0. The molecule has 1 heterocycles. The molecule has 3 rings (SSSR count). The monoisotopic (exact) mass is 427 g/mol. The van der Waals surface area contributed by atoms with Crippen LogP contribution in [0.3, 0.4) is 0 Å². The zero-order chi connectivity index (χ0) is 21.9. The highest BCUT2D eigenvalue weighted by molar-refractivity contribution is 7.07. The lowest BCUT2D eigenvalue weighted by Crippen LogP contribution is -2.45. The van der Waals surface area contributed by atoms with Crippen molar-refractivity contribution in [1.29, 1.82) is 0 Å². The van der Waals surface area contributed by atoms with E-state index in [0.717, 1.165) is 12.0 Å². The van der Waals surface area contributed by atoms with E-state index in [9.17, 15) is 14.7 Å². The summed E-state index contributed by atoms with van der Waals surface area (Å²) in [6, 6.07) is 9.33. The van der Waals surface area contributed by atoms with E-state index >= 15 is 0 Å². The summed E-state index contributed by atoms with van der Waals surface area (Å²) < 4.78 is 0. The van der Waals surface area contributed by atoms with Gasteiger partial charge >= 0.3 is 0 Å². The Morgan fingerprint density at radius 2 is 1.83 bits per heavy atom. The highest BCUT2D eigenvalue weighted by atomic mass is 32.1. The van der Waals surface area contributed by atoms with Gasteiger partial charge in [0.1, 0.15) is 17.1 Å². The molecule has 7 heteroatoms. The molecule has 160 valence electrons. The second kappa shape index (κ2) is 9.02. The van der Waals surface area contributed by atoms with Gasteiger partial charge in [-0.25, -0.2) is 0 Å². The molecule has 1 aromatic heterocycles. The van der Waals surface area contributed by atoms with E-state index in [-0.39, 0.29) is 17.3 Å². The molecule has 6 nitrogen and oxygen atoms in total. The second-order valence-electron chi connectivity index (χ2n) is 8.60. The minimum atomic E-state index is -0.473. The van der Waals surface area contributed by atoms with Crippen molar-refractivity contribution in [2.75, 3.05) is 31.3 Å². The molecule has 0 spiro atoms. The third-order valence-corrected chi connectivity index (χ3v) is 5.96. The molecule has 0 bridgehead atoms. The van der Waals surface area contributed by atoms with Crippen LogP contribution in [0, 0.1) is 0 Å². The number of phenolic OH excluding ortho intramolecular Hbond substituents is 1. The Morgan fingerprint density at radius 3 is 2.47 bits per heavy atom. The van der Waals surface area contributed by atoms with E-state index in [4.69, 9.17) is 0 Å². The van der Waals surface area contributed by atoms with Gasteiger partial charge < -0.3 is 20.6 Å². The van der Waals surface area contributed by atoms with Crippen molar-refractivity contribution in [2.45, 2.75) is 38.3 Å². The Hall–Kier alpha value is -2.64. The number of aromatic hydroxyl groups is 1. The van der Waals surface area contributed by atoms with E-state index in [2.05, 4.69) is 27.0 Å². The summed E-state index contributed by atoms with van der Waals surface area (Å²) in [6.45, 7) is 4.55. The number of anilines is 2. The molecule has 3 N–H and O–H groups in total. The number of hydrogen-bond acceptors (Lipinski definition) is 7. The topological polar surface area (TPSA) is 81.7 Å². The summed E-state index contributed by atoms with van der Waals surface area (Å²) in [6.07, 6.45) is 1.46. The summed E-state index contributed by atoms with van der Waals surface area (Å²) in [5, 5.41) is 20.3. The maximum absolute atomic E-state index is 12.2. The lowest BCUT2D eigenvalue weighted by atomic mass is 9.95. The highest BCUT2D eigenvalue weighted by Gasteiger charge is 2.28. The van der Waals surface area contributed by atoms with Crippen molar-refractivity contribution in [3.63, 3.8) is 0 Å². The fourth-order valence-electron chi connectivity index (χ4n) is 3.58. The van der Waals surface area contributed by atoms with Crippen LogP contribution in [-0.2, 0) is 12.8 Å². The molecule has 0 amide bonds. The summed E-state index contributed by atoms with van der Waals surface area (Å²) >= 11 is 1.64. The summed E-state index contributed by atoms with van der Waals surface area (Å²) in [4.78, 5) is 26.5. The first-order valence-electron chi connectivity index (χ1n) is 9.97. The average Bonchev–Trinajstić information content (AvgIpc) is 3.18. The fourth-order valence-corrected chi connectivity index (χ4v) is 4.25. The molecule has 0 aliphatic carbocycles. The number of nitrogens with one attached hydrogen (secondary N) is 2. The van der Waals surface area contributed by atoms with Crippen molar-refractivity contribution in [2.24, 2.45) is 0 Å². The van der Waals surface area contributed by atoms with Crippen LogP contribution < -0.4 is 21.5 Å². The van der Waals surface area contributed by atoms with Crippen LogP contribution >= 0.6 is 11.3 Å². The molecular weight excluding hydrogens is 398 g/mol. The second-order valence-corrected chi connectivity index (χ2v) is 9.38. The van der Waals surface area contributed by atoms with Gasteiger partial charge in [-0.2, -0.15) is 11.3 Å². The standard InChI is InChI=1S/C23H29N3O3S/c1-23(2,12-16-8-9-30-14-16)25-20-19(21(28)22(20)29)24-13-17(26(3)4)10-15-6-5-7-18(27)11-15/h5-9,11,14,17,24-25,27H,10,12-13H2,1-4H3/t17-/m1/s1. The fraction of sp³-hybridized carbons (Fsp3) is 0.391. The summed E-state index contributed by atoms with van der Waals surface area (Å²) in [5.74, 6) is 0.236. The van der Waals surface area contributed by atoms with Gasteiger partial charge in [-0.05, 0) is 80.9 Å². The van der Waals surface area contributed by atoms with Gasteiger partial charge in [0.25, 0.3) is 10.9 Å². The highest BCUT2D eigenvalue weighted by Crippen LogP contribution is 2.24. The Labute approximate surface area is 180 Å². The van der Waals surface area contributed by atoms with Gasteiger partial charge in [0.15, 0.2) is 0 Å². The van der Waals surface area contributed by atoms with E-state index in [1.807, 2.05) is 45.5 Å². The Balaban J connectivity index is 1.68. The molecule has 0 fully saturated rings. The van der Waals surface area contributed by atoms with Crippen molar-refractivity contribution in [1.82, 2.24) is 4.90 Å². The smallest absolute Gasteiger partial charge is 0.253 e. The van der Waals surface area contributed by atoms with Crippen molar-refractivity contribution >= 4 is 22.7 Å². The van der Waals surface area contributed by atoms with Crippen LogP contribution in [-0.4, -0.2) is 42.2 Å². The van der Waals surface area contributed by atoms with Gasteiger partial charge in [0.2, 0.25) is 0 Å². The molecule has 2 aromatic carbocycles. The Bertz CT molecular complexity index is 1050. The maximum atomic E-state index is 12.2. The minimum Gasteiger partial charge on any atom is -0.508 e. The number of likely N-dealkylation sites (N-methyl/N-ethyl adjacent to an activating group) is 1. The van der Waals surface area contributed by atoms with E-state index in [1.165, 1.54) is 5.56 Å². The van der Waals surface area contributed by atoms with Crippen LogP contribution in [0.25, 0.3) is 0 Å². The van der Waals surface area contributed by atoms with E-state index in [0.29, 0.717) is 24.3 Å². The van der Waals surface area contributed by atoms with Crippen molar-refractivity contribution in [3.05, 3.63) is 72.7 Å². The third-order valence-electron chi connectivity index (χ3n) is 5.23. The Kier molecular flexibility index (Phi) is 6.63. The molecular formula is C23H29N3O3S. The molecule has 0 aliphatic heterocycles. The maximum Gasteiger partial charge on any atom is 0.253 e. The van der Waals surface area contributed by atoms with Crippen LogP contribution in [0.2, 0.25) is 0 Å². The number of rotatable bonds is 10. The van der Waals surface area contributed by atoms with Crippen LogP contribution in [0.15, 0.2) is 50.7 Å².